The largest absolute Gasteiger partial charge is 0.497 e. The van der Waals surface area contributed by atoms with Crippen molar-refractivity contribution in [2.24, 2.45) is 0 Å². The minimum absolute atomic E-state index is 0.0629. The zero-order chi connectivity index (χ0) is 23.8. The quantitative estimate of drug-likeness (QED) is 0.416. The lowest BCUT2D eigenvalue weighted by Gasteiger charge is -2.23. The van der Waals surface area contributed by atoms with Gasteiger partial charge in [0.2, 0.25) is 0 Å². The molecule has 1 N–H and O–H groups in total. The minimum atomic E-state index is -0.889. The SMILES string of the molecule is COc1ccc(Oc2ccc(OC(CCN(C)CC(=O)O)c3ccc(F)cc3)cc2C)cc1. The van der Waals surface area contributed by atoms with E-state index in [0.29, 0.717) is 30.2 Å². The van der Waals surface area contributed by atoms with E-state index >= 15 is 0 Å². The van der Waals surface area contributed by atoms with Crippen molar-refractivity contribution in [3.8, 4) is 23.0 Å². The van der Waals surface area contributed by atoms with Crippen molar-refractivity contribution in [1.82, 2.24) is 4.90 Å². The fourth-order valence-electron chi connectivity index (χ4n) is 3.36. The van der Waals surface area contributed by atoms with Crippen LogP contribution >= 0.6 is 0 Å². The summed E-state index contributed by atoms with van der Waals surface area (Å²) in [5.41, 5.74) is 1.71. The van der Waals surface area contributed by atoms with Gasteiger partial charge in [0, 0.05) is 13.0 Å². The van der Waals surface area contributed by atoms with Crippen LogP contribution in [0, 0.1) is 12.7 Å². The molecule has 0 aliphatic carbocycles. The first-order valence-electron chi connectivity index (χ1n) is 10.6. The zero-order valence-electron chi connectivity index (χ0n) is 19.0. The van der Waals surface area contributed by atoms with Crippen molar-refractivity contribution >= 4 is 5.97 Å². The van der Waals surface area contributed by atoms with Crippen LogP contribution in [0.15, 0.2) is 66.7 Å². The molecule has 3 aromatic carbocycles. The van der Waals surface area contributed by atoms with E-state index in [1.807, 2.05) is 49.4 Å². The first kappa shape index (κ1) is 24.1. The van der Waals surface area contributed by atoms with Crippen molar-refractivity contribution < 1.29 is 28.5 Å². The van der Waals surface area contributed by atoms with Crippen molar-refractivity contribution in [3.63, 3.8) is 0 Å². The molecule has 0 heterocycles. The van der Waals surface area contributed by atoms with Crippen LogP contribution in [0.25, 0.3) is 0 Å². The first-order chi connectivity index (χ1) is 15.8. The summed E-state index contributed by atoms with van der Waals surface area (Å²) in [4.78, 5) is 12.7. The number of halogens is 1. The lowest BCUT2D eigenvalue weighted by Crippen LogP contribution is -2.28. The van der Waals surface area contributed by atoms with Crippen LogP contribution in [-0.4, -0.2) is 43.2 Å². The molecule has 0 bridgehead atoms. The molecule has 0 spiro atoms. The highest BCUT2D eigenvalue weighted by Crippen LogP contribution is 2.32. The molecule has 0 amide bonds. The Balaban J connectivity index is 1.73. The van der Waals surface area contributed by atoms with Gasteiger partial charge in [-0.25, -0.2) is 4.39 Å². The lowest BCUT2D eigenvalue weighted by atomic mass is 10.1. The molecule has 0 aliphatic heterocycles. The second-order valence-corrected chi connectivity index (χ2v) is 7.78. The third-order valence-electron chi connectivity index (χ3n) is 5.13. The Hall–Kier alpha value is -3.58. The van der Waals surface area contributed by atoms with E-state index in [2.05, 4.69) is 0 Å². The van der Waals surface area contributed by atoms with Gasteiger partial charge in [0.1, 0.15) is 34.9 Å². The van der Waals surface area contributed by atoms with Crippen LogP contribution in [0.4, 0.5) is 4.39 Å². The number of aryl methyl sites for hydroxylation is 1. The van der Waals surface area contributed by atoms with Crippen LogP contribution < -0.4 is 14.2 Å². The highest BCUT2D eigenvalue weighted by molar-refractivity contribution is 5.69. The summed E-state index contributed by atoms with van der Waals surface area (Å²) in [5.74, 6) is 1.58. The van der Waals surface area contributed by atoms with Gasteiger partial charge in [0.25, 0.3) is 0 Å². The molecule has 6 nitrogen and oxygen atoms in total. The zero-order valence-corrected chi connectivity index (χ0v) is 19.0. The summed E-state index contributed by atoms with van der Waals surface area (Å²) < 4.78 is 30.8. The maximum Gasteiger partial charge on any atom is 0.317 e. The molecular formula is C26H28FNO5. The normalized spacial score (nSPS) is 11.8. The number of benzene rings is 3. The predicted molar refractivity (Wildman–Crippen MR) is 124 cm³/mol. The number of methoxy groups -OCH3 is 1. The van der Waals surface area contributed by atoms with Gasteiger partial charge in [-0.2, -0.15) is 0 Å². The number of carbonyl (C=O) groups is 1. The fourth-order valence-corrected chi connectivity index (χ4v) is 3.36. The molecule has 0 fully saturated rings. The lowest BCUT2D eigenvalue weighted by molar-refractivity contribution is -0.138. The topological polar surface area (TPSA) is 68.2 Å². The van der Waals surface area contributed by atoms with Crippen LogP contribution in [-0.2, 0) is 4.79 Å². The smallest absolute Gasteiger partial charge is 0.317 e. The van der Waals surface area contributed by atoms with Crippen LogP contribution in [0.3, 0.4) is 0 Å². The van der Waals surface area contributed by atoms with E-state index in [4.69, 9.17) is 19.3 Å². The van der Waals surface area contributed by atoms with E-state index in [-0.39, 0.29) is 18.5 Å². The molecule has 0 aliphatic rings. The molecule has 3 rings (SSSR count). The fraction of sp³-hybridized carbons (Fsp3) is 0.269. The number of aliphatic carboxylic acids is 1. The number of carboxylic acid groups (broad SMARTS) is 1. The van der Waals surface area contributed by atoms with Gasteiger partial charge in [-0.1, -0.05) is 12.1 Å². The predicted octanol–water partition coefficient (Wildman–Crippen LogP) is 5.46. The maximum atomic E-state index is 13.4. The molecule has 0 aromatic heterocycles. The second kappa shape index (κ2) is 11.3. The molecule has 33 heavy (non-hydrogen) atoms. The van der Waals surface area contributed by atoms with Crippen molar-refractivity contribution in [3.05, 3.63) is 83.7 Å². The summed E-state index contributed by atoms with van der Waals surface area (Å²) in [5, 5.41) is 8.99. The minimum Gasteiger partial charge on any atom is -0.497 e. The van der Waals surface area contributed by atoms with Gasteiger partial charge >= 0.3 is 5.97 Å². The highest BCUT2D eigenvalue weighted by Gasteiger charge is 2.17. The summed E-state index contributed by atoms with van der Waals surface area (Å²) in [7, 11) is 3.35. The Bertz CT molecular complexity index is 1050. The number of hydrogen-bond donors (Lipinski definition) is 1. The van der Waals surface area contributed by atoms with Crippen LogP contribution in [0.5, 0.6) is 23.0 Å². The van der Waals surface area contributed by atoms with Gasteiger partial charge in [-0.05, 0) is 79.7 Å². The monoisotopic (exact) mass is 453 g/mol. The molecule has 7 heteroatoms. The number of hydrogen-bond acceptors (Lipinski definition) is 5. The first-order valence-corrected chi connectivity index (χ1v) is 10.6. The van der Waals surface area contributed by atoms with E-state index in [1.165, 1.54) is 12.1 Å². The molecule has 174 valence electrons. The van der Waals surface area contributed by atoms with Crippen LogP contribution in [0.2, 0.25) is 0 Å². The Kier molecular flexibility index (Phi) is 8.27. The Morgan fingerprint density at radius 2 is 1.64 bits per heavy atom. The van der Waals surface area contributed by atoms with E-state index in [9.17, 15) is 9.18 Å². The maximum absolute atomic E-state index is 13.4. The summed E-state index contributed by atoms with van der Waals surface area (Å²) >= 11 is 0. The highest BCUT2D eigenvalue weighted by atomic mass is 19.1. The van der Waals surface area contributed by atoms with Gasteiger partial charge < -0.3 is 19.3 Å². The standard InChI is InChI=1S/C26H28FNO5/c1-18-16-23(12-13-24(18)32-22-10-8-21(31-3)9-11-22)33-25(14-15-28(2)17-26(29)30)19-4-6-20(27)7-5-19/h4-13,16,25H,14-15,17H2,1-3H3,(H,29,30). The summed E-state index contributed by atoms with van der Waals surface area (Å²) in [6.45, 7) is 2.37. The third kappa shape index (κ3) is 7.22. The van der Waals surface area contributed by atoms with Crippen molar-refractivity contribution in [1.29, 1.82) is 0 Å². The molecule has 1 unspecified atom stereocenters. The van der Waals surface area contributed by atoms with Gasteiger partial charge in [0.05, 0.1) is 13.7 Å². The molecule has 3 aromatic rings. The van der Waals surface area contributed by atoms with Gasteiger partial charge in [-0.15, -0.1) is 0 Å². The van der Waals surface area contributed by atoms with E-state index in [0.717, 1.165) is 16.9 Å². The summed E-state index contributed by atoms with van der Waals surface area (Å²) in [6, 6.07) is 19.0. The molecule has 0 saturated carbocycles. The Morgan fingerprint density at radius 1 is 1.00 bits per heavy atom. The molecule has 0 radical (unpaired) electrons. The number of nitrogens with zero attached hydrogens (tertiary/aromatic N) is 1. The average Bonchev–Trinajstić information content (AvgIpc) is 2.79. The van der Waals surface area contributed by atoms with E-state index in [1.54, 1.807) is 31.2 Å². The van der Waals surface area contributed by atoms with Gasteiger partial charge in [-0.3, -0.25) is 9.69 Å². The van der Waals surface area contributed by atoms with E-state index < -0.39 is 5.97 Å². The molecular weight excluding hydrogens is 425 g/mol. The van der Waals surface area contributed by atoms with Crippen LogP contribution in [0.1, 0.15) is 23.7 Å². The Morgan fingerprint density at radius 3 is 2.24 bits per heavy atom. The third-order valence-corrected chi connectivity index (χ3v) is 5.13. The average molecular weight is 454 g/mol. The van der Waals surface area contributed by atoms with Crippen molar-refractivity contribution in [2.75, 3.05) is 27.2 Å². The number of carboxylic acids is 1. The molecule has 0 saturated heterocycles. The van der Waals surface area contributed by atoms with Crippen molar-refractivity contribution in [2.45, 2.75) is 19.4 Å². The Labute approximate surface area is 193 Å². The second-order valence-electron chi connectivity index (χ2n) is 7.78. The number of rotatable bonds is 11. The summed E-state index contributed by atoms with van der Waals surface area (Å²) in [6.07, 6.45) is 0.174. The number of likely N-dealkylation sites (N-methyl/N-ethyl adjacent to an activating group) is 1. The molecule has 1 atom stereocenters. The van der Waals surface area contributed by atoms with Gasteiger partial charge in [0.15, 0.2) is 0 Å². The number of ether oxygens (including phenoxy) is 3.